The van der Waals surface area contributed by atoms with Crippen molar-refractivity contribution in [2.24, 2.45) is 0 Å². The molecule has 0 unspecified atom stereocenters. The Hall–Kier alpha value is -4.85. The highest BCUT2D eigenvalue weighted by molar-refractivity contribution is 5.72. The maximum absolute atomic E-state index is 11.8. The van der Waals surface area contributed by atoms with Gasteiger partial charge in [0.2, 0.25) is 5.88 Å². The van der Waals surface area contributed by atoms with Crippen molar-refractivity contribution < 1.29 is 33.3 Å². The Labute approximate surface area is 265 Å². The third kappa shape index (κ3) is 10.7. The summed E-state index contributed by atoms with van der Waals surface area (Å²) in [5, 5.41) is 0. The van der Waals surface area contributed by atoms with E-state index < -0.39 is 0 Å². The van der Waals surface area contributed by atoms with Crippen LogP contribution >= 0.6 is 0 Å². The average Bonchev–Trinajstić information content (AvgIpc) is 3.09. The van der Waals surface area contributed by atoms with Crippen LogP contribution < -0.4 is 14.2 Å². The van der Waals surface area contributed by atoms with Crippen LogP contribution in [0, 0.1) is 0 Å². The Balaban J connectivity index is 1.29. The number of carbonyl (C=O) groups is 2. The summed E-state index contributed by atoms with van der Waals surface area (Å²) >= 11 is 0. The number of pyridine rings is 1. The molecule has 0 aliphatic carbocycles. The number of hydrogen-bond acceptors (Lipinski definition) is 8. The molecule has 236 valence electrons. The van der Waals surface area contributed by atoms with Gasteiger partial charge in [-0.1, -0.05) is 66.7 Å². The maximum atomic E-state index is 11.8. The number of methoxy groups -OCH3 is 2. The zero-order valence-electron chi connectivity index (χ0n) is 26.0. The number of ether oxygens (including phenoxy) is 5. The fourth-order valence-electron chi connectivity index (χ4n) is 4.77. The van der Waals surface area contributed by atoms with E-state index in [2.05, 4.69) is 30.3 Å². The van der Waals surface area contributed by atoms with Gasteiger partial charge in [-0.2, -0.15) is 0 Å². The molecule has 1 aromatic heterocycles. The second kappa shape index (κ2) is 18.1. The van der Waals surface area contributed by atoms with E-state index in [0.29, 0.717) is 50.0 Å². The van der Waals surface area contributed by atoms with E-state index in [4.69, 9.17) is 28.7 Å². The van der Waals surface area contributed by atoms with Gasteiger partial charge in [0.1, 0.15) is 11.5 Å². The molecule has 4 aromatic rings. The second-order valence-electron chi connectivity index (χ2n) is 10.4. The lowest BCUT2D eigenvalue weighted by atomic mass is 10.0. The van der Waals surface area contributed by atoms with E-state index in [0.717, 1.165) is 47.2 Å². The summed E-state index contributed by atoms with van der Waals surface area (Å²) in [6.07, 6.45) is 4.01. The van der Waals surface area contributed by atoms with Crippen LogP contribution in [0.2, 0.25) is 0 Å². The van der Waals surface area contributed by atoms with Crippen LogP contribution in [0.1, 0.15) is 44.1 Å². The molecule has 0 amide bonds. The van der Waals surface area contributed by atoms with Gasteiger partial charge in [0.25, 0.3) is 0 Å². The van der Waals surface area contributed by atoms with E-state index in [1.54, 1.807) is 0 Å². The van der Waals surface area contributed by atoms with Crippen LogP contribution in [0.15, 0.2) is 91.0 Å². The molecule has 8 nitrogen and oxygen atoms in total. The van der Waals surface area contributed by atoms with Crippen LogP contribution in [0.5, 0.6) is 17.4 Å². The van der Waals surface area contributed by atoms with Crippen molar-refractivity contribution in [1.29, 1.82) is 0 Å². The molecule has 45 heavy (non-hydrogen) atoms. The van der Waals surface area contributed by atoms with Crippen molar-refractivity contribution in [2.75, 3.05) is 34.0 Å². The van der Waals surface area contributed by atoms with Crippen LogP contribution in [0.4, 0.5) is 0 Å². The number of hydrogen-bond donors (Lipinski definition) is 0. The molecule has 0 bridgehead atoms. The topological polar surface area (TPSA) is 93.2 Å². The zero-order valence-corrected chi connectivity index (χ0v) is 26.0. The highest BCUT2D eigenvalue weighted by Gasteiger charge is 2.14. The molecule has 4 rings (SSSR count). The highest BCUT2D eigenvalue weighted by Crippen LogP contribution is 2.31. The van der Waals surface area contributed by atoms with E-state index in [9.17, 15) is 9.59 Å². The molecule has 3 aromatic carbocycles. The first kappa shape index (κ1) is 33.1. The monoisotopic (exact) mass is 611 g/mol. The molecule has 0 saturated carbocycles. The molecule has 0 atom stereocenters. The molecule has 0 spiro atoms. The van der Waals surface area contributed by atoms with Crippen molar-refractivity contribution in [1.82, 2.24) is 4.98 Å². The Morgan fingerprint density at radius 3 is 1.80 bits per heavy atom. The molecule has 8 heteroatoms. The standard InChI is InChI=1S/C37H41NO7/c1-41-36(39)20-13-25-44-34-19-12-18-33(31(34)21-22-37(40)42-2)43-23-10-5-11-24-45-35-27-30(28-14-6-3-7-15-28)26-32(38-35)29-16-8-4-9-17-29/h3-4,6-9,12,14-19,26-27H,5,10-11,13,20-25H2,1-2H3. The van der Waals surface area contributed by atoms with Gasteiger partial charge in [0, 0.05) is 30.0 Å². The van der Waals surface area contributed by atoms with Crippen molar-refractivity contribution in [2.45, 2.75) is 44.9 Å². The van der Waals surface area contributed by atoms with Gasteiger partial charge >= 0.3 is 11.9 Å². The van der Waals surface area contributed by atoms with Crippen molar-refractivity contribution in [3.8, 4) is 39.8 Å². The minimum atomic E-state index is -0.305. The minimum Gasteiger partial charge on any atom is -0.493 e. The summed E-state index contributed by atoms with van der Waals surface area (Å²) in [5.41, 5.74) is 4.89. The second-order valence-corrected chi connectivity index (χ2v) is 10.4. The van der Waals surface area contributed by atoms with E-state index in [-0.39, 0.29) is 24.8 Å². The zero-order chi connectivity index (χ0) is 31.7. The quantitative estimate of drug-likeness (QED) is 0.0845. The van der Waals surface area contributed by atoms with Crippen molar-refractivity contribution >= 4 is 11.9 Å². The SMILES string of the molecule is COC(=O)CCCOc1cccc(OCCCCCOc2cc(-c3ccccc3)cc(-c3ccccc3)n2)c1CCC(=O)OC. The van der Waals surface area contributed by atoms with Crippen molar-refractivity contribution in [3.05, 3.63) is 96.6 Å². The number of aromatic nitrogens is 1. The highest BCUT2D eigenvalue weighted by atomic mass is 16.5. The van der Waals surface area contributed by atoms with Gasteiger partial charge in [0.05, 0.1) is 39.7 Å². The molecule has 0 radical (unpaired) electrons. The van der Waals surface area contributed by atoms with Crippen LogP contribution in [0.25, 0.3) is 22.4 Å². The van der Waals surface area contributed by atoms with Crippen LogP contribution in [0.3, 0.4) is 0 Å². The van der Waals surface area contributed by atoms with Gasteiger partial charge in [-0.3, -0.25) is 9.59 Å². The molecule has 0 fully saturated rings. The largest absolute Gasteiger partial charge is 0.493 e. The number of unbranched alkanes of at least 4 members (excludes halogenated alkanes) is 2. The summed E-state index contributed by atoms with van der Waals surface area (Å²) in [5.74, 6) is 1.33. The third-order valence-electron chi connectivity index (χ3n) is 7.18. The third-order valence-corrected chi connectivity index (χ3v) is 7.18. The molecule has 0 saturated heterocycles. The molecule has 1 heterocycles. The fourth-order valence-corrected chi connectivity index (χ4v) is 4.77. The summed E-state index contributed by atoms with van der Waals surface area (Å²) in [6.45, 7) is 1.40. The Kier molecular flexibility index (Phi) is 13.3. The summed E-state index contributed by atoms with van der Waals surface area (Å²) < 4.78 is 27.7. The maximum Gasteiger partial charge on any atom is 0.305 e. The average molecular weight is 612 g/mol. The molecule has 0 N–H and O–H groups in total. The minimum absolute atomic E-state index is 0.207. The van der Waals surface area contributed by atoms with Gasteiger partial charge in [0.15, 0.2) is 0 Å². The number of carbonyl (C=O) groups excluding carboxylic acids is 2. The van der Waals surface area contributed by atoms with E-state index >= 15 is 0 Å². The van der Waals surface area contributed by atoms with Crippen LogP contribution in [-0.2, 0) is 25.5 Å². The molecular formula is C37H41NO7. The first-order valence-electron chi connectivity index (χ1n) is 15.3. The number of nitrogens with zero attached hydrogens (tertiary/aromatic N) is 1. The normalized spacial score (nSPS) is 10.6. The summed E-state index contributed by atoms with van der Waals surface area (Å²) in [4.78, 5) is 28.0. The number of benzene rings is 3. The lowest BCUT2D eigenvalue weighted by molar-refractivity contribution is -0.141. The number of rotatable bonds is 18. The van der Waals surface area contributed by atoms with E-state index in [1.807, 2.05) is 60.7 Å². The molecule has 0 aliphatic heterocycles. The molecule has 0 aliphatic rings. The molecular weight excluding hydrogens is 570 g/mol. The summed E-state index contributed by atoms with van der Waals surface area (Å²) in [7, 11) is 2.74. The Morgan fingerprint density at radius 1 is 0.578 bits per heavy atom. The van der Waals surface area contributed by atoms with E-state index in [1.165, 1.54) is 14.2 Å². The van der Waals surface area contributed by atoms with Crippen LogP contribution in [-0.4, -0.2) is 51.0 Å². The van der Waals surface area contributed by atoms with Gasteiger partial charge in [-0.25, -0.2) is 4.98 Å². The fraction of sp³-hybridized carbons (Fsp3) is 0.324. The summed E-state index contributed by atoms with van der Waals surface area (Å²) in [6, 6.07) is 30.0. The first-order valence-corrected chi connectivity index (χ1v) is 15.3. The Morgan fingerprint density at radius 2 is 1.16 bits per heavy atom. The Bertz CT molecular complexity index is 1430. The first-order chi connectivity index (χ1) is 22.1. The van der Waals surface area contributed by atoms with Crippen molar-refractivity contribution in [3.63, 3.8) is 0 Å². The smallest absolute Gasteiger partial charge is 0.305 e. The predicted octanol–water partition coefficient (Wildman–Crippen LogP) is 7.48. The lowest BCUT2D eigenvalue weighted by Gasteiger charge is -2.16. The predicted molar refractivity (Wildman–Crippen MR) is 173 cm³/mol. The number of esters is 2. The van der Waals surface area contributed by atoms with Gasteiger partial charge < -0.3 is 23.7 Å². The lowest BCUT2D eigenvalue weighted by Crippen LogP contribution is -2.09. The van der Waals surface area contributed by atoms with Gasteiger partial charge in [-0.05, 0) is 61.4 Å². The van der Waals surface area contributed by atoms with Gasteiger partial charge in [-0.15, -0.1) is 0 Å².